The van der Waals surface area contributed by atoms with Gasteiger partial charge in [-0.05, 0) is 44.2 Å². The summed E-state index contributed by atoms with van der Waals surface area (Å²) in [5.74, 6) is 5.13. The summed E-state index contributed by atoms with van der Waals surface area (Å²) in [4.78, 5) is 28.1. The zero-order chi connectivity index (χ0) is 20.8. The quantitative estimate of drug-likeness (QED) is 0.404. The topological polar surface area (TPSA) is 76.5 Å². The van der Waals surface area contributed by atoms with E-state index in [0.29, 0.717) is 10.9 Å². The molecule has 0 saturated carbocycles. The lowest BCUT2D eigenvalue weighted by Crippen LogP contribution is -2.09. The monoisotopic (exact) mass is 387 g/mol. The number of aryl methyl sites for hydroxylation is 1. The molecule has 0 bridgehead atoms. The molecule has 0 aliphatic rings. The summed E-state index contributed by atoms with van der Waals surface area (Å²) < 4.78 is 4.82. The zero-order valence-corrected chi connectivity index (χ0v) is 16.4. The van der Waals surface area contributed by atoms with Crippen molar-refractivity contribution in [2.24, 2.45) is 0 Å². The SMILES string of the molecule is CCOC(=O)CCC(=O)c1nc2cc(C#Cc3ccc(C)cc3)ccc2cc1O. The highest BCUT2D eigenvalue weighted by atomic mass is 16.5. The second kappa shape index (κ2) is 9.03. The van der Waals surface area contributed by atoms with Crippen LogP contribution in [0.2, 0.25) is 0 Å². The summed E-state index contributed by atoms with van der Waals surface area (Å²) in [7, 11) is 0. The van der Waals surface area contributed by atoms with Crippen molar-refractivity contribution in [2.45, 2.75) is 26.7 Å². The van der Waals surface area contributed by atoms with Crippen LogP contribution in [0.25, 0.3) is 10.9 Å². The van der Waals surface area contributed by atoms with Crippen LogP contribution >= 0.6 is 0 Å². The Morgan fingerprint density at radius 3 is 2.41 bits per heavy atom. The minimum absolute atomic E-state index is 0.0477. The molecule has 3 aromatic rings. The Labute approximate surface area is 169 Å². The van der Waals surface area contributed by atoms with Gasteiger partial charge in [0.05, 0.1) is 18.5 Å². The van der Waals surface area contributed by atoms with Crippen LogP contribution in [0, 0.1) is 18.8 Å². The highest BCUT2D eigenvalue weighted by molar-refractivity contribution is 6.00. The number of aromatic hydroxyl groups is 1. The third kappa shape index (κ3) is 5.20. The van der Waals surface area contributed by atoms with Crippen LogP contribution in [0.3, 0.4) is 0 Å². The molecule has 146 valence electrons. The Morgan fingerprint density at radius 1 is 1.00 bits per heavy atom. The molecular formula is C24H21NO4. The molecule has 0 spiro atoms. The summed E-state index contributed by atoms with van der Waals surface area (Å²) in [6, 6.07) is 14.8. The van der Waals surface area contributed by atoms with Crippen molar-refractivity contribution in [3.8, 4) is 17.6 Å². The maximum absolute atomic E-state index is 12.4. The van der Waals surface area contributed by atoms with Crippen LogP contribution in [0.5, 0.6) is 5.75 Å². The molecule has 5 nitrogen and oxygen atoms in total. The molecule has 0 aliphatic carbocycles. The van der Waals surface area contributed by atoms with E-state index in [1.807, 2.05) is 37.3 Å². The fourth-order valence-corrected chi connectivity index (χ4v) is 2.79. The molecule has 0 aliphatic heterocycles. The standard InChI is InChI=1S/C24H21NO4/c1-3-29-23(28)13-12-21(26)24-22(27)15-19-11-10-18(14-20(19)25-24)9-8-17-6-4-16(2)5-7-17/h4-7,10-11,14-15,27H,3,12-13H2,1-2H3. The van der Waals surface area contributed by atoms with Crippen molar-refractivity contribution in [3.63, 3.8) is 0 Å². The normalized spacial score (nSPS) is 10.3. The summed E-state index contributed by atoms with van der Waals surface area (Å²) >= 11 is 0. The van der Waals surface area contributed by atoms with Gasteiger partial charge in [0.1, 0.15) is 11.4 Å². The molecule has 0 fully saturated rings. The van der Waals surface area contributed by atoms with Gasteiger partial charge in [-0.25, -0.2) is 4.98 Å². The minimum Gasteiger partial charge on any atom is -0.506 e. The third-order valence-electron chi connectivity index (χ3n) is 4.33. The molecule has 0 saturated heterocycles. The third-order valence-corrected chi connectivity index (χ3v) is 4.33. The van der Waals surface area contributed by atoms with Crippen molar-refractivity contribution in [1.29, 1.82) is 0 Å². The lowest BCUT2D eigenvalue weighted by molar-refractivity contribution is -0.143. The number of rotatable bonds is 5. The average molecular weight is 387 g/mol. The number of hydrogen-bond acceptors (Lipinski definition) is 5. The maximum Gasteiger partial charge on any atom is 0.306 e. The van der Waals surface area contributed by atoms with Gasteiger partial charge in [-0.1, -0.05) is 35.6 Å². The Hall–Kier alpha value is -3.65. The summed E-state index contributed by atoms with van der Waals surface area (Å²) in [5, 5.41) is 10.9. The first kappa shape index (κ1) is 20.1. The molecule has 29 heavy (non-hydrogen) atoms. The van der Waals surface area contributed by atoms with E-state index >= 15 is 0 Å². The fourth-order valence-electron chi connectivity index (χ4n) is 2.79. The molecule has 0 atom stereocenters. The largest absolute Gasteiger partial charge is 0.506 e. The number of ether oxygens (including phenoxy) is 1. The Balaban J connectivity index is 1.84. The van der Waals surface area contributed by atoms with Gasteiger partial charge in [0.25, 0.3) is 0 Å². The van der Waals surface area contributed by atoms with E-state index < -0.39 is 11.8 Å². The molecule has 2 aromatic carbocycles. The summed E-state index contributed by atoms with van der Waals surface area (Å²) in [5.41, 5.74) is 3.33. The number of benzene rings is 2. The lowest BCUT2D eigenvalue weighted by Gasteiger charge is -2.06. The molecule has 1 N–H and O–H groups in total. The molecule has 0 radical (unpaired) electrons. The van der Waals surface area contributed by atoms with Crippen LogP contribution in [0.4, 0.5) is 0 Å². The van der Waals surface area contributed by atoms with Gasteiger partial charge >= 0.3 is 5.97 Å². The zero-order valence-electron chi connectivity index (χ0n) is 16.4. The minimum atomic E-state index is -0.449. The number of carbonyl (C=O) groups excluding carboxylic acids is 2. The first-order valence-electron chi connectivity index (χ1n) is 9.37. The number of carbonyl (C=O) groups is 2. The molecule has 1 aromatic heterocycles. The van der Waals surface area contributed by atoms with Gasteiger partial charge in [0.2, 0.25) is 0 Å². The van der Waals surface area contributed by atoms with Crippen molar-refractivity contribution in [1.82, 2.24) is 4.98 Å². The van der Waals surface area contributed by atoms with E-state index in [0.717, 1.165) is 11.1 Å². The van der Waals surface area contributed by atoms with Crippen molar-refractivity contribution in [2.75, 3.05) is 6.61 Å². The van der Waals surface area contributed by atoms with E-state index in [4.69, 9.17) is 4.74 Å². The Morgan fingerprint density at radius 2 is 1.69 bits per heavy atom. The molecule has 0 unspecified atom stereocenters. The Bertz CT molecular complexity index is 1120. The van der Waals surface area contributed by atoms with Crippen molar-refractivity contribution in [3.05, 3.63) is 70.9 Å². The number of pyridine rings is 1. The second-order valence-corrected chi connectivity index (χ2v) is 6.61. The van der Waals surface area contributed by atoms with Crippen molar-refractivity contribution < 1.29 is 19.4 Å². The lowest BCUT2D eigenvalue weighted by atomic mass is 10.1. The van der Waals surface area contributed by atoms with Gasteiger partial charge in [0, 0.05) is 22.9 Å². The fraction of sp³-hybridized carbons (Fsp3) is 0.208. The van der Waals surface area contributed by atoms with Gasteiger partial charge in [-0.2, -0.15) is 0 Å². The van der Waals surface area contributed by atoms with Gasteiger partial charge < -0.3 is 9.84 Å². The number of fused-ring (bicyclic) bond motifs is 1. The van der Waals surface area contributed by atoms with Crippen LogP contribution < -0.4 is 0 Å². The van der Waals surface area contributed by atoms with E-state index in [-0.39, 0.29) is 30.9 Å². The van der Waals surface area contributed by atoms with Crippen LogP contribution in [-0.4, -0.2) is 28.4 Å². The predicted molar refractivity (Wildman–Crippen MR) is 111 cm³/mol. The van der Waals surface area contributed by atoms with Gasteiger partial charge in [-0.3, -0.25) is 9.59 Å². The molecular weight excluding hydrogens is 366 g/mol. The van der Waals surface area contributed by atoms with E-state index in [1.54, 1.807) is 19.1 Å². The van der Waals surface area contributed by atoms with E-state index in [2.05, 4.69) is 16.8 Å². The van der Waals surface area contributed by atoms with E-state index in [1.165, 1.54) is 11.6 Å². The molecule has 5 heteroatoms. The number of Topliss-reactive ketones (excluding diaryl/α,β-unsaturated/α-hetero) is 1. The van der Waals surface area contributed by atoms with Crippen LogP contribution in [-0.2, 0) is 9.53 Å². The number of esters is 1. The maximum atomic E-state index is 12.4. The second-order valence-electron chi connectivity index (χ2n) is 6.61. The Kier molecular flexibility index (Phi) is 6.25. The first-order chi connectivity index (χ1) is 14.0. The van der Waals surface area contributed by atoms with Gasteiger partial charge in [0.15, 0.2) is 5.78 Å². The molecule has 1 heterocycles. The number of ketones is 1. The van der Waals surface area contributed by atoms with Crippen LogP contribution in [0.15, 0.2) is 48.5 Å². The van der Waals surface area contributed by atoms with Gasteiger partial charge in [-0.15, -0.1) is 0 Å². The summed E-state index contributed by atoms with van der Waals surface area (Å²) in [6.07, 6.45) is -0.119. The molecule has 3 rings (SSSR count). The number of aromatic nitrogens is 1. The number of nitrogens with zero attached hydrogens (tertiary/aromatic N) is 1. The predicted octanol–water partition coefficient (Wildman–Crippen LogP) is 4.17. The highest BCUT2D eigenvalue weighted by Gasteiger charge is 2.16. The number of hydrogen-bond donors (Lipinski definition) is 1. The smallest absolute Gasteiger partial charge is 0.306 e. The van der Waals surface area contributed by atoms with E-state index in [9.17, 15) is 14.7 Å². The first-order valence-corrected chi connectivity index (χ1v) is 9.37. The average Bonchev–Trinajstić information content (AvgIpc) is 2.71. The molecule has 0 amide bonds. The van der Waals surface area contributed by atoms with Crippen LogP contribution in [0.1, 0.15) is 46.9 Å². The van der Waals surface area contributed by atoms with Crippen molar-refractivity contribution >= 4 is 22.7 Å². The highest BCUT2D eigenvalue weighted by Crippen LogP contribution is 2.24. The summed E-state index contributed by atoms with van der Waals surface area (Å²) in [6.45, 7) is 3.99.